The summed E-state index contributed by atoms with van der Waals surface area (Å²) in [5.41, 5.74) is 6.93. The van der Waals surface area contributed by atoms with Gasteiger partial charge in [0.05, 0.1) is 0 Å². The first-order chi connectivity index (χ1) is 15.6. The smallest absolute Gasteiger partial charge is 0.251 e. The lowest BCUT2D eigenvalue weighted by molar-refractivity contribution is 0.0951. The Labute approximate surface area is 190 Å². The molecule has 1 aliphatic heterocycles. The molecule has 0 bridgehead atoms. The Bertz CT molecular complexity index is 1070. The molecule has 1 N–H and O–H groups in total. The highest BCUT2D eigenvalue weighted by molar-refractivity contribution is 5.93. The number of carbonyl (C=O) groups excluding carboxylic acids is 1. The highest BCUT2D eigenvalue weighted by Gasteiger charge is 2.14. The maximum Gasteiger partial charge on any atom is 0.251 e. The Morgan fingerprint density at radius 1 is 1.03 bits per heavy atom. The van der Waals surface area contributed by atoms with Gasteiger partial charge in [0.2, 0.25) is 0 Å². The number of pyridine rings is 1. The lowest BCUT2D eigenvalue weighted by Crippen LogP contribution is -2.28. The maximum absolute atomic E-state index is 12.3. The predicted octanol–water partition coefficient (Wildman–Crippen LogP) is 4.37. The van der Waals surface area contributed by atoms with Crippen molar-refractivity contribution < 1.29 is 4.79 Å². The highest BCUT2D eigenvalue weighted by atomic mass is 16.1. The second-order valence-corrected chi connectivity index (χ2v) is 8.39. The Kier molecular flexibility index (Phi) is 6.97. The van der Waals surface area contributed by atoms with E-state index in [4.69, 9.17) is 0 Å². The van der Waals surface area contributed by atoms with Crippen LogP contribution in [0.5, 0.6) is 0 Å². The Hall–Kier alpha value is -3.44. The van der Waals surface area contributed by atoms with Gasteiger partial charge in [0.1, 0.15) is 0 Å². The Morgan fingerprint density at radius 2 is 1.81 bits per heavy atom. The molecule has 32 heavy (non-hydrogen) atoms. The summed E-state index contributed by atoms with van der Waals surface area (Å²) in [6.07, 6.45) is 6.63. The van der Waals surface area contributed by atoms with E-state index < -0.39 is 0 Å². The van der Waals surface area contributed by atoms with Gasteiger partial charge in [-0.1, -0.05) is 36.4 Å². The number of hydrogen-bond donors (Lipinski definition) is 1. The zero-order valence-electron chi connectivity index (χ0n) is 18.8. The molecule has 0 saturated carbocycles. The fraction of sp³-hybridized carbons (Fsp3) is 0.259. The van der Waals surface area contributed by atoms with Crippen LogP contribution in [-0.4, -0.2) is 43.0 Å². The molecule has 0 saturated heterocycles. The van der Waals surface area contributed by atoms with Crippen LogP contribution in [0, 0.1) is 0 Å². The molecule has 5 heteroatoms. The minimum absolute atomic E-state index is 0.0797. The number of hydrogen-bond acceptors (Lipinski definition) is 4. The zero-order chi connectivity index (χ0) is 22.3. The van der Waals surface area contributed by atoms with Crippen molar-refractivity contribution in [2.75, 3.05) is 32.1 Å². The summed E-state index contributed by atoms with van der Waals surface area (Å²) in [7, 11) is 4.13. The van der Waals surface area contributed by atoms with Crippen LogP contribution in [0.2, 0.25) is 0 Å². The molecule has 3 aromatic rings. The topological polar surface area (TPSA) is 48.5 Å². The van der Waals surface area contributed by atoms with E-state index >= 15 is 0 Å². The SMILES string of the molecule is CN(C)c1ccc(CN2CC=C(c3cccc(CNC(=O)c4ccncc4)c3)CC2)cc1. The van der Waals surface area contributed by atoms with E-state index in [1.165, 1.54) is 22.4 Å². The van der Waals surface area contributed by atoms with Crippen LogP contribution in [0.1, 0.15) is 33.5 Å². The summed E-state index contributed by atoms with van der Waals surface area (Å²) < 4.78 is 0. The summed E-state index contributed by atoms with van der Waals surface area (Å²) in [5.74, 6) is -0.0797. The molecule has 0 aliphatic carbocycles. The molecule has 2 aromatic carbocycles. The second kappa shape index (κ2) is 10.2. The van der Waals surface area contributed by atoms with Crippen molar-refractivity contribution in [3.8, 4) is 0 Å². The molecular formula is C27H30N4O. The van der Waals surface area contributed by atoms with Gasteiger partial charge in [-0.25, -0.2) is 0 Å². The van der Waals surface area contributed by atoms with Gasteiger partial charge < -0.3 is 10.2 Å². The van der Waals surface area contributed by atoms with Crippen molar-refractivity contribution in [2.45, 2.75) is 19.5 Å². The van der Waals surface area contributed by atoms with Crippen LogP contribution in [0.25, 0.3) is 5.57 Å². The second-order valence-electron chi connectivity index (χ2n) is 8.39. The molecule has 0 fully saturated rings. The number of anilines is 1. The van der Waals surface area contributed by atoms with Gasteiger partial charge in [-0.05, 0) is 59.0 Å². The summed E-state index contributed by atoms with van der Waals surface area (Å²) in [5, 5.41) is 2.99. The van der Waals surface area contributed by atoms with E-state index in [0.29, 0.717) is 12.1 Å². The lowest BCUT2D eigenvalue weighted by Gasteiger charge is -2.27. The van der Waals surface area contributed by atoms with Gasteiger partial charge in [-0.15, -0.1) is 0 Å². The average molecular weight is 427 g/mol. The van der Waals surface area contributed by atoms with Gasteiger partial charge in [0.25, 0.3) is 5.91 Å². The number of rotatable bonds is 7. The molecule has 1 amide bonds. The first kappa shape index (κ1) is 21.8. The third-order valence-corrected chi connectivity index (χ3v) is 5.85. The van der Waals surface area contributed by atoms with Crippen LogP contribution < -0.4 is 10.2 Å². The van der Waals surface area contributed by atoms with Crippen molar-refractivity contribution in [2.24, 2.45) is 0 Å². The van der Waals surface area contributed by atoms with Crippen molar-refractivity contribution in [3.05, 3.63) is 101 Å². The molecule has 0 atom stereocenters. The maximum atomic E-state index is 12.3. The number of aromatic nitrogens is 1. The van der Waals surface area contributed by atoms with Crippen LogP contribution in [0.4, 0.5) is 5.69 Å². The molecule has 4 rings (SSSR count). The van der Waals surface area contributed by atoms with Crippen molar-refractivity contribution >= 4 is 17.2 Å². The van der Waals surface area contributed by atoms with Crippen molar-refractivity contribution in [1.82, 2.24) is 15.2 Å². The molecule has 1 aromatic heterocycles. The van der Waals surface area contributed by atoms with Gasteiger partial charge in [0, 0.05) is 63.9 Å². The third-order valence-electron chi connectivity index (χ3n) is 5.85. The predicted molar refractivity (Wildman–Crippen MR) is 130 cm³/mol. The zero-order valence-corrected chi connectivity index (χ0v) is 18.8. The van der Waals surface area contributed by atoms with E-state index in [9.17, 15) is 4.79 Å². The van der Waals surface area contributed by atoms with Crippen molar-refractivity contribution in [1.29, 1.82) is 0 Å². The first-order valence-corrected chi connectivity index (χ1v) is 11.0. The number of nitrogens with zero attached hydrogens (tertiary/aromatic N) is 3. The Balaban J connectivity index is 1.33. The van der Waals surface area contributed by atoms with Gasteiger partial charge in [-0.2, -0.15) is 0 Å². The summed E-state index contributed by atoms with van der Waals surface area (Å²) in [4.78, 5) is 20.8. The van der Waals surface area contributed by atoms with Crippen LogP contribution >= 0.6 is 0 Å². The summed E-state index contributed by atoms with van der Waals surface area (Å²) >= 11 is 0. The largest absolute Gasteiger partial charge is 0.378 e. The highest BCUT2D eigenvalue weighted by Crippen LogP contribution is 2.24. The van der Waals surface area contributed by atoms with E-state index in [2.05, 4.69) is 88.8 Å². The molecule has 0 spiro atoms. The fourth-order valence-electron chi connectivity index (χ4n) is 3.94. The Morgan fingerprint density at radius 3 is 2.50 bits per heavy atom. The fourth-order valence-corrected chi connectivity index (χ4v) is 3.94. The number of carbonyl (C=O) groups is 1. The number of benzene rings is 2. The molecular weight excluding hydrogens is 396 g/mol. The van der Waals surface area contributed by atoms with Crippen LogP contribution in [0.3, 0.4) is 0 Å². The minimum Gasteiger partial charge on any atom is -0.378 e. The summed E-state index contributed by atoms with van der Waals surface area (Å²) in [6, 6.07) is 20.7. The molecule has 0 radical (unpaired) electrons. The lowest BCUT2D eigenvalue weighted by atomic mass is 9.97. The minimum atomic E-state index is -0.0797. The van der Waals surface area contributed by atoms with E-state index in [-0.39, 0.29) is 5.91 Å². The van der Waals surface area contributed by atoms with E-state index in [1.54, 1.807) is 24.5 Å². The van der Waals surface area contributed by atoms with Crippen LogP contribution in [0.15, 0.2) is 79.1 Å². The molecule has 2 heterocycles. The van der Waals surface area contributed by atoms with E-state index in [1.807, 2.05) is 0 Å². The van der Waals surface area contributed by atoms with Gasteiger partial charge in [0.15, 0.2) is 0 Å². The molecule has 1 aliphatic rings. The standard InChI is InChI=1S/C27H30N4O/c1-30(2)26-8-6-21(7-9-26)20-31-16-12-23(13-17-31)25-5-3-4-22(18-25)19-29-27(32)24-10-14-28-15-11-24/h3-12,14-15,18H,13,16-17,19-20H2,1-2H3,(H,29,32). The van der Waals surface area contributed by atoms with Crippen LogP contribution in [-0.2, 0) is 13.1 Å². The third kappa shape index (κ3) is 5.62. The monoisotopic (exact) mass is 426 g/mol. The van der Waals surface area contributed by atoms with Gasteiger partial charge in [-0.3, -0.25) is 14.7 Å². The molecule has 164 valence electrons. The first-order valence-electron chi connectivity index (χ1n) is 11.0. The number of nitrogens with one attached hydrogen (secondary N) is 1. The van der Waals surface area contributed by atoms with Crippen molar-refractivity contribution in [3.63, 3.8) is 0 Å². The average Bonchev–Trinajstić information content (AvgIpc) is 2.84. The normalized spacial score (nSPS) is 14.0. The van der Waals surface area contributed by atoms with Gasteiger partial charge >= 0.3 is 0 Å². The van der Waals surface area contributed by atoms with E-state index in [0.717, 1.165) is 31.6 Å². The molecule has 5 nitrogen and oxygen atoms in total. The molecule has 0 unspecified atom stereocenters. The summed E-state index contributed by atoms with van der Waals surface area (Å²) in [6.45, 7) is 3.48. The number of amides is 1. The quantitative estimate of drug-likeness (QED) is 0.610.